The Balaban J connectivity index is 0.00000154. The predicted molar refractivity (Wildman–Crippen MR) is 78.8 cm³/mol. The summed E-state index contributed by atoms with van der Waals surface area (Å²) in [5.41, 5.74) is -0.259. The van der Waals surface area contributed by atoms with E-state index in [0.717, 1.165) is 19.4 Å². The molecule has 1 N–H and O–H groups in total. The molecule has 1 aliphatic rings. The van der Waals surface area contributed by atoms with Crippen LogP contribution >= 0.6 is 0 Å². The fourth-order valence-corrected chi connectivity index (χ4v) is 2.28. The van der Waals surface area contributed by atoms with E-state index in [9.17, 15) is 9.59 Å². The Bertz CT molecular complexity index is 308. The van der Waals surface area contributed by atoms with Crippen LogP contribution in [0.5, 0.6) is 0 Å². The highest BCUT2D eigenvalue weighted by Crippen LogP contribution is 2.25. The molecule has 2 amide bonds. The van der Waals surface area contributed by atoms with Crippen LogP contribution in [-0.2, 0) is 9.59 Å². The van der Waals surface area contributed by atoms with E-state index in [-0.39, 0.29) is 17.2 Å². The van der Waals surface area contributed by atoms with Gasteiger partial charge in [0.15, 0.2) is 0 Å². The van der Waals surface area contributed by atoms with Gasteiger partial charge in [-0.3, -0.25) is 9.59 Å². The second-order valence-corrected chi connectivity index (χ2v) is 6.02. The molecule has 112 valence electrons. The highest BCUT2D eigenvalue weighted by atomic mass is 16.2. The molecular formula is C15H30N2O2. The van der Waals surface area contributed by atoms with Crippen LogP contribution in [0.25, 0.3) is 0 Å². The van der Waals surface area contributed by atoms with E-state index in [0.29, 0.717) is 6.04 Å². The van der Waals surface area contributed by atoms with Crippen molar-refractivity contribution in [3.63, 3.8) is 0 Å². The van der Waals surface area contributed by atoms with Crippen LogP contribution in [0.3, 0.4) is 0 Å². The van der Waals surface area contributed by atoms with Gasteiger partial charge in [0, 0.05) is 19.5 Å². The topological polar surface area (TPSA) is 49.4 Å². The maximum absolute atomic E-state index is 12.4. The maximum Gasteiger partial charge on any atom is 0.245 e. The smallest absolute Gasteiger partial charge is 0.245 e. The van der Waals surface area contributed by atoms with Gasteiger partial charge in [-0.15, -0.1) is 0 Å². The van der Waals surface area contributed by atoms with Gasteiger partial charge in [0.2, 0.25) is 11.8 Å². The number of nitrogens with zero attached hydrogens (tertiary/aromatic N) is 1. The molecule has 0 saturated carbocycles. The van der Waals surface area contributed by atoms with E-state index in [1.807, 2.05) is 39.5 Å². The molecule has 1 fully saturated rings. The summed E-state index contributed by atoms with van der Waals surface area (Å²) in [5.74, 6) is -0.0946. The normalized spacial score (nSPS) is 20.4. The predicted octanol–water partition coefficient (Wildman–Crippen LogP) is 2.57. The summed E-state index contributed by atoms with van der Waals surface area (Å²) < 4.78 is 0. The van der Waals surface area contributed by atoms with Crippen molar-refractivity contribution in [2.24, 2.45) is 5.41 Å². The van der Waals surface area contributed by atoms with Crippen LogP contribution in [0.1, 0.15) is 61.3 Å². The number of hydrogen-bond acceptors (Lipinski definition) is 2. The molecule has 4 nitrogen and oxygen atoms in total. The fraction of sp³-hybridized carbons (Fsp3) is 0.867. The van der Waals surface area contributed by atoms with Crippen molar-refractivity contribution in [1.82, 2.24) is 10.2 Å². The molecule has 1 rings (SSSR count). The summed E-state index contributed by atoms with van der Waals surface area (Å²) >= 11 is 0. The van der Waals surface area contributed by atoms with Crippen molar-refractivity contribution in [2.45, 2.75) is 73.4 Å². The lowest BCUT2D eigenvalue weighted by molar-refractivity contribution is -0.139. The van der Waals surface area contributed by atoms with Crippen LogP contribution < -0.4 is 5.32 Å². The summed E-state index contributed by atoms with van der Waals surface area (Å²) in [6.07, 6.45) is 2.12. The first-order chi connectivity index (χ1) is 8.73. The highest BCUT2D eigenvalue weighted by molar-refractivity contribution is 5.87. The Hall–Kier alpha value is -1.06. The fourth-order valence-electron chi connectivity index (χ4n) is 2.28. The molecule has 19 heavy (non-hydrogen) atoms. The molecule has 0 radical (unpaired) electrons. The lowest BCUT2D eigenvalue weighted by Crippen LogP contribution is -2.54. The minimum atomic E-state index is -0.430. The van der Waals surface area contributed by atoms with Gasteiger partial charge in [-0.25, -0.2) is 0 Å². The molecule has 0 aliphatic carbocycles. The number of hydrogen-bond donors (Lipinski definition) is 1. The van der Waals surface area contributed by atoms with Crippen molar-refractivity contribution in [3.8, 4) is 0 Å². The van der Waals surface area contributed by atoms with Crippen molar-refractivity contribution < 1.29 is 9.59 Å². The zero-order chi connectivity index (χ0) is 15.2. The standard InChI is InChI=1S/C13H24N2O2.C2H6/c1-9-7-6-8-15(9)12(17)11(13(3,4)5)14-10(2)16;1-2/h9,11H,6-8H2,1-5H3,(H,14,16);1-2H3. The molecule has 2 unspecified atom stereocenters. The number of carbonyl (C=O) groups is 2. The summed E-state index contributed by atoms with van der Waals surface area (Å²) in [4.78, 5) is 25.6. The van der Waals surface area contributed by atoms with Crippen molar-refractivity contribution >= 4 is 11.8 Å². The summed E-state index contributed by atoms with van der Waals surface area (Å²) in [7, 11) is 0. The monoisotopic (exact) mass is 270 g/mol. The van der Waals surface area contributed by atoms with Crippen LogP contribution in [0.2, 0.25) is 0 Å². The van der Waals surface area contributed by atoms with E-state index in [1.165, 1.54) is 6.92 Å². The average molecular weight is 270 g/mol. The van der Waals surface area contributed by atoms with Gasteiger partial charge >= 0.3 is 0 Å². The van der Waals surface area contributed by atoms with Crippen molar-refractivity contribution in [2.75, 3.05) is 6.54 Å². The van der Waals surface area contributed by atoms with Crippen LogP contribution in [0, 0.1) is 5.41 Å². The Labute approximate surface area is 117 Å². The number of carbonyl (C=O) groups excluding carboxylic acids is 2. The number of rotatable bonds is 2. The van der Waals surface area contributed by atoms with Gasteiger partial charge in [-0.2, -0.15) is 0 Å². The first-order valence-corrected chi connectivity index (χ1v) is 7.31. The third kappa shape index (κ3) is 5.21. The van der Waals surface area contributed by atoms with Crippen LogP contribution in [-0.4, -0.2) is 35.3 Å². The summed E-state index contributed by atoms with van der Waals surface area (Å²) in [6, 6.07) is -0.137. The Kier molecular flexibility index (Phi) is 7.09. The Morgan fingerprint density at radius 1 is 1.26 bits per heavy atom. The van der Waals surface area contributed by atoms with E-state index in [1.54, 1.807) is 0 Å². The molecule has 4 heteroatoms. The highest BCUT2D eigenvalue weighted by Gasteiger charge is 2.37. The molecule has 0 aromatic rings. The largest absolute Gasteiger partial charge is 0.344 e. The van der Waals surface area contributed by atoms with E-state index >= 15 is 0 Å². The van der Waals surface area contributed by atoms with E-state index in [2.05, 4.69) is 12.2 Å². The molecule has 0 aromatic heterocycles. The minimum absolute atomic E-state index is 0.0534. The first-order valence-electron chi connectivity index (χ1n) is 7.31. The molecule has 2 atom stereocenters. The lowest BCUT2D eigenvalue weighted by Gasteiger charge is -2.34. The third-order valence-corrected chi connectivity index (χ3v) is 3.30. The van der Waals surface area contributed by atoms with Crippen molar-refractivity contribution in [3.05, 3.63) is 0 Å². The lowest BCUT2D eigenvalue weighted by atomic mass is 9.85. The van der Waals surface area contributed by atoms with Gasteiger partial charge in [0.1, 0.15) is 6.04 Å². The SMILES string of the molecule is CC.CC(=O)NC(C(=O)N1CCCC1C)C(C)(C)C. The maximum atomic E-state index is 12.4. The second kappa shape index (κ2) is 7.51. The third-order valence-electron chi connectivity index (χ3n) is 3.30. The van der Waals surface area contributed by atoms with Gasteiger partial charge in [0.05, 0.1) is 0 Å². The van der Waals surface area contributed by atoms with Crippen molar-refractivity contribution in [1.29, 1.82) is 0 Å². The molecule has 1 saturated heterocycles. The molecular weight excluding hydrogens is 240 g/mol. The number of likely N-dealkylation sites (tertiary alicyclic amines) is 1. The number of amides is 2. The first kappa shape index (κ1) is 17.9. The minimum Gasteiger partial charge on any atom is -0.344 e. The quantitative estimate of drug-likeness (QED) is 0.838. The average Bonchev–Trinajstić information content (AvgIpc) is 2.72. The van der Waals surface area contributed by atoms with Crippen LogP contribution in [0.15, 0.2) is 0 Å². The number of nitrogens with one attached hydrogen (secondary N) is 1. The van der Waals surface area contributed by atoms with Gasteiger partial charge < -0.3 is 10.2 Å². The van der Waals surface area contributed by atoms with Gasteiger partial charge in [-0.1, -0.05) is 34.6 Å². The molecule has 0 spiro atoms. The van der Waals surface area contributed by atoms with Crippen LogP contribution in [0.4, 0.5) is 0 Å². The molecule has 0 aromatic carbocycles. The molecule has 0 bridgehead atoms. The second-order valence-electron chi connectivity index (χ2n) is 6.02. The van der Waals surface area contributed by atoms with Gasteiger partial charge in [-0.05, 0) is 25.2 Å². The van der Waals surface area contributed by atoms with Gasteiger partial charge in [0.25, 0.3) is 0 Å². The molecule has 1 heterocycles. The summed E-state index contributed by atoms with van der Waals surface area (Å²) in [6.45, 7) is 14.3. The zero-order valence-electron chi connectivity index (χ0n) is 13.5. The zero-order valence-corrected chi connectivity index (χ0v) is 13.5. The summed E-state index contributed by atoms with van der Waals surface area (Å²) in [5, 5.41) is 2.79. The van der Waals surface area contributed by atoms with E-state index in [4.69, 9.17) is 0 Å². The Morgan fingerprint density at radius 2 is 1.79 bits per heavy atom. The molecule has 1 aliphatic heterocycles. The van der Waals surface area contributed by atoms with E-state index < -0.39 is 6.04 Å². The Morgan fingerprint density at radius 3 is 2.11 bits per heavy atom.